The van der Waals surface area contributed by atoms with Gasteiger partial charge in [0.15, 0.2) is 6.10 Å². The van der Waals surface area contributed by atoms with E-state index in [9.17, 15) is 9.18 Å². The minimum Gasteiger partial charge on any atom is -0.480 e. The van der Waals surface area contributed by atoms with Crippen molar-refractivity contribution >= 4 is 11.6 Å². The van der Waals surface area contributed by atoms with Crippen molar-refractivity contribution in [3.63, 3.8) is 0 Å². The van der Waals surface area contributed by atoms with Crippen LogP contribution in [-0.4, -0.2) is 38.2 Å². The van der Waals surface area contributed by atoms with Gasteiger partial charge >= 0.3 is 0 Å². The summed E-state index contributed by atoms with van der Waals surface area (Å²) >= 11 is 0. The molecule has 1 amide bonds. The molecular weight excluding hydrogens is 345 g/mol. The lowest BCUT2D eigenvalue weighted by Crippen LogP contribution is -2.43. The molecule has 2 heterocycles. The Morgan fingerprint density at radius 2 is 2.04 bits per heavy atom. The number of nitrogens with one attached hydrogen (secondary N) is 2. The Kier molecular flexibility index (Phi) is 4.99. The summed E-state index contributed by atoms with van der Waals surface area (Å²) < 4.78 is 20.3. The lowest BCUT2D eigenvalue weighted by atomic mass is 9.97. The maximum Gasteiger partial charge on any atom is 0.261 e. The summed E-state index contributed by atoms with van der Waals surface area (Å²) in [7, 11) is 0. The fourth-order valence-electron chi connectivity index (χ4n) is 3.76. The van der Waals surface area contributed by atoms with Gasteiger partial charge in [-0.3, -0.25) is 4.79 Å². The van der Waals surface area contributed by atoms with Crippen LogP contribution in [0, 0.1) is 5.82 Å². The smallest absolute Gasteiger partial charge is 0.261 e. The van der Waals surface area contributed by atoms with Crippen molar-refractivity contribution in [1.82, 2.24) is 10.6 Å². The molecule has 0 radical (unpaired) electrons. The zero-order chi connectivity index (χ0) is 18.8. The number of hydrogen-bond acceptors (Lipinski definition) is 4. The molecule has 4 rings (SSSR count). The van der Waals surface area contributed by atoms with Gasteiger partial charge in [-0.15, -0.1) is 0 Å². The van der Waals surface area contributed by atoms with Crippen LogP contribution in [0.15, 0.2) is 42.5 Å². The van der Waals surface area contributed by atoms with Crippen molar-refractivity contribution in [2.24, 2.45) is 0 Å². The number of carbonyl (C=O) groups excluding carboxylic acids is 1. The van der Waals surface area contributed by atoms with E-state index in [1.54, 1.807) is 6.07 Å². The number of hydrogen-bond donors (Lipinski definition) is 2. The van der Waals surface area contributed by atoms with E-state index in [1.807, 2.05) is 42.2 Å². The monoisotopic (exact) mass is 369 g/mol. The third kappa shape index (κ3) is 3.62. The molecule has 27 heavy (non-hydrogen) atoms. The lowest BCUT2D eigenvalue weighted by molar-refractivity contribution is -0.128. The number of amides is 1. The summed E-state index contributed by atoms with van der Waals surface area (Å²) in [6.07, 6.45) is -0.549. The molecular formula is C21H24FN3O2. The number of para-hydroxylation sites is 1. The summed E-state index contributed by atoms with van der Waals surface area (Å²) in [5.41, 5.74) is 2.40. The number of nitrogens with zero attached hydrogens (tertiary/aromatic N) is 1. The van der Waals surface area contributed by atoms with Crippen molar-refractivity contribution < 1.29 is 13.9 Å². The van der Waals surface area contributed by atoms with Crippen LogP contribution in [0.3, 0.4) is 0 Å². The second-order valence-electron chi connectivity index (χ2n) is 7.11. The maximum atomic E-state index is 14.5. The zero-order valence-corrected chi connectivity index (χ0v) is 15.4. The van der Waals surface area contributed by atoms with E-state index in [4.69, 9.17) is 4.74 Å². The summed E-state index contributed by atoms with van der Waals surface area (Å²) in [5.74, 6) is 0.330. The summed E-state index contributed by atoms with van der Waals surface area (Å²) in [6.45, 7) is 5.58. The second kappa shape index (κ2) is 7.56. The number of halogens is 1. The molecule has 1 fully saturated rings. The summed E-state index contributed by atoms with van der Waals surface area (Å²) in [6, 6.07) is 12.9. The average Bonchev–Trinajstić information content (AvgIpc) is 3.04. The van der Waals surface area contributed by atoms with Crippen LogP contribution in [0.2, 0.25) is 0 Å². The van der Waals surface area contributed by atoms with Crippen LogP contribution < -0.4 is 20.3 Å². The van der Waals surface area contributed by atoms with Gasteiger partial charge in [-0.05, 0) is 23.8 Å². The van der Waals surface area contributed by atoms with E-state index in [1.165, 1.54) is 6.07 Å². The van der Waals surface area contributed by atoms with Gasteiger partial charge in [-0.2, -0.15) is 0 Å². The predicted octanol–water partition coefficient (Wildman–Crippen LogP) is 2.42. The summed E-state index contributed by atoms with van der Waals surface area (Å²) in [5, 5.41) is 6.14. The Morgan fingerprint density at radius 3 is 2.78 bits per heavy atom. The number of carbonyl (C=O) groups is 1. The summed E-state index contributed by atoms with van der Waals surface area (Å²) in [4.78, 5) is 14.6. The Balaban J connectivity index is 1.37. The molecule has 5 nitrogen and oxygen atoms in total. The Labute approximate surface area is 158 Å². The number of benzene rings is 2. The first-order chi connectivity index (χ1) is 13.1. The van der Waals surface area contributed by atoms with Crippen molar-refractivity contribution in [1.29, 1.82) is 0 Å². The second-order valence-corrected chi connectivity index (χ2v) is 7.11. The van der Waals surface area contributed by atoms with Gasteiger partial charge in [0.25, 0.3) is 5.91 Å². The van der Waals surface area contributed by atoms with E-state index in [2.05, 4.69) is 10.6 Å². The van der Waals surface area contributed by atoms with Crippen molar-refractivity contribution in [2.75, 3.05) is 31.1 Å². The number of fused-ring (bicyclic) bond motifs is 1. The number of rotatable bonds is 4. The largest absolute Gasteiger partial charge is 0.480 e. The molecule has 2 aliphatic rings. The molecule has 0 unspecified atom stereocenters. The molecule has 0 saturated carbocycles. The van der Waals surface area contributed by atoms with E-state index < -0.39 is 6.10 Å². The molecule has 0 aliphatic carbocycles. The van der Waals surface area contributed by atoms with Crippen molar-refractivity contribution in [3.8, 4) is 5.75 Å². The number of ether oxygens (including phenoxy) is 1. The van der Waals surface area contributed by atoms with Gasteiger partial charge in [0.1, 0.15) is 11.6 Å². The molecule has 2 N–H and O–H groups in total. The molecule has 2 atom stereocenters. The molecule has 0 bridgehead atoms. The highest BCUT2D eigenvalue weighted by molar-refractivity contribution is 5.83. The normalized spacial score (nSPS) is 21.5. The lowest BCUT2D eigenvalue weighted by Gasteiger charge is -2.29. The molecule has 0 spiro atoms. The van der Waals surface area contributed by atoms with E-state index in [0.29, 0.717) is 5.69 Å². The number of piperazine rings is 1. The Morgan fingerprint density at radius 1 is 1.26 bits per heavy atom. The SMILES string of the molecule is C[C@H]1c2ccccc2O[C@@H]1C(=O)NCc1ccc(N2CCNCC2)c(F)c1. The molecule has 2 aromatic rings. The standard InChI is InChI=1S/C21H24FN3O2/c1-14-16-4-2-3-5-19(16)27-20(14)21(26)24-13-15-6-7-18(17(22)12-15)25-10-8-23-9-11-25/h2-7,12,14,20,23H,8-11,13H2,1H3,(H,24,26)/t14-,20-/m0/s1. The van der Waals surface area contributed by atoms with Crippen LogP contribution in [0.4, 0.5) is 10.1 Å². The first kappa shape index (κ1) is 17.8. The maximum absolute atomic E-state index is 14.5. The highest BCUT2D eigenvalue weighted by Crippen LogP contribution is 2.37. The van der Waals surface area contributed by atoms with Crippen LogP contribution in [-0.2, 0) is 11.3 Å². The highest BCUT2D eigenvalue weighted by Gasteiger charge is 2.35. The molecule has 2 aromatic carbocycles. The van der Waals surface area contributed by atoms with Crippen LogP contribution in [0.25, 0.3) is 0 Å². The minimum atomic E-state index is -0.549. The average molecular weight is 369 g/mol. The minimum absolute atomic E-state index is 0.00646. The first-order valence-electron chi connectivity index (χ1n) is 9.41. The van der Waals surface area contributed by atoms with Gasteiger partial charge in [-0.25, -0.2) is 4.39 Å². The fourth-order valence-corrected chi connectivity index (χ4v) is 3.76. The van der Waals surface area contributed by atoms with Gasteiger partial charge in [0, 0.05) is 44.2 Å². The molecule has 2 aliphatic heterocycles. The van der Waals surface area contributed by atoms with Gasteiger partial charge in [0.05, 0.1) is 5.69 Å². The van der Waals surface area contributed by atoms with E-state index >= 15 is 0 Å². The fraction of sp³-hybridized carbons (Fsp3) is 0.381. The topological polar surface area (TPSA) is 53.6 Å². The number of anilines is 1. The van der Waals surface area contributed by atoms with Crippen LogP contribution in [0.1, 0.15) is 24.0 Å². The Bertz CT molecular complexity index is 836. The predicted molar refractivity (Wildman–Crippen MR) is 103 cm³/mol. The molecule has 0 aromatic heterocycles. The van der Waals surface area contributed by atoms with E-state index in [-0.39, 0.29) is 24.2 Å². The quantitative estimate of drug-likeness (QED) is 0.869. The molecule has 1 saturated heterocycles. The third-order valence-electron chi connectivity index (χ3n) is 5.31. The van der Waals surface area contributed by atoms with Gasteiger partial charge in [0.2, 0.25) is 0 Å². The molecule has 6 heteroatoms. The van der Waals surface area contributed by atoms with E-state index in [0.717, 1.165) is 43.1 Å². The first-order valence-corrected chi connectivity index (χ1v) is 9.41. The third-order valence-corrected chi connectivity index (χ3v) is 5.31. The Hall–Kier alpha value is -2.60. The van der Waals surface area contributed by atoms with Crippen LogP contribution >= 0.6 is 0 Å². The highest BCUT2D eigenvalue weighted by atomic mass is 19.1. The zero-order valence-electron chi connectivity index (χ0n) is 15.4. The van der Waals surface area contributed by atoms with Crippen molar-refractivity contribution in [2.45, 2.75) is 25.5 Å². The van der Waals surface area contributed by atoms with Crippen LogP contribution in [0.5, 0.6) is 5.75 Å². The van der Waals surface area contributed by atoms with Gasteiger partial charge < -0.3 is 20.3 Å². The van der Waals surface area contributed by atoms with Crippen molar-refractivity contribution in [3.05, 3.63) is 59.4 Å². The molecule has 142 valence electrons. The van der Waals surface area contributed by atoms with Gasteiger partial charge in [-0.1, -0.05) is 31.2 Å².